The molecule has 1 heterocycles. The molecule has 0 bridgehead atoms. The third-order valence-corrected chi connectivity index (χ3v) is 5.39. The third-order valence-electron chi connectivity index (χ3n) is 4.26. The Morgan fingerprint density at radius 1 is 1.03 bits per heavy atom. The number of rotatable bonds is 3. The van der Waals surface area contributed by atoms with Gasteiger partial charge in [-0.3, -0.25) is 0 Å². The van der Waals surface area contributed by atoms with Crippen LogP contribution in [-0.4, -0.2) is 19.7 Å². The van der Waals surface area contributed by atoms with Crippen molar-refractivity contribution in [2.24, 2.45) is 0 Å². The average Bonchev–Trinajstić information content (AvgIpc) is 2.66. The number of benzene rings is 2. The summed E-state index contributed by atoms with van der Waals surface area (Å²) >= 11 is 0. The van der Waals surface area contributed by atoms with Gasteiger partial charge in [-0.05, 0) is 29.8 Å². The molecule has 0 radical (unpaired) electrons. The lowest BCUT2D eigenvalue weighted by molar-refractivity contribution is -0.137. The first-order valence-electron chi connectivity index (χ1n) is 8.20. The minimum atomic E-state index is -4.63. The molecular formula is C20H14F3N3O2S. The second-order valence-electron chi connectivity index (χ2n) is 6.27. The number of alkyl halides is 3. The number of nitrogens with zero attached hydrogens (tertiary/aromatic N) is 2. The van der Waals surface area contributed by atoms with E-state index in [2.05, 4.69) is 4.98 Å². The van der Waals surface area contributed by atoms with Crippen LogP contribution < -0.4 is 5.73 Å². The summed E-state index contributed by atoms with van der Waals surface area (Å²) in [5, 5.41) is 9.42. The van der Waals surface area contributed by atoms with Gasteiger partial charge in [0.25, 0.3) is 0 Å². The molecule has 0 amide bonds. The number of hydrogen-bond acceptors (Lipinski definition) is 5. The Morgan fingerprint density at radius 2 is 1.66 bits per heavy atom. The first kappa shape index (κ1) is 20.4. The number of sulfone groups is 1. The SMILES string of the molecule is CS(=O)(=O)c1ccc(-c2cc(-c3ccccc3C(F)(F)F)c(C#N)c(N)n2)cc1. The summed E-state index contributed by atoms with van der Waals surface area (Å²) in [5.41, 5.74) is 5.25. The van der Waals surface area contributed by atoms with Crippen LogP contribution in [0.1, 0.15) is 11.1 Å². The van der Waals surface area contributed by atoms with E-state index in [0.717, 1.165) is 12.3 Å². The number of pyridine rings is 1. The Hall–Kier alpha value is -3.38. The zero-order chi connectivity index (χ0) is 21.4. The van der Waals surface area contributed by atoms with Gasteiger partial charge in [-0.25, -0.2) is 13.4 Å². The minimum Gasteiger partial charge on any atom is -0.383 e. The number of hydrogen-bond donors (Lipinski definition) is 1. The van der Waals surface area contributed by atoms with Gasteiger partial charge in [-0.2, -0.15) is 18.4 Å². The molecule has 9 heteroatoms. The van der Waals surface area contributed by atoms with Crippen LogP contribution in [0.3, 0.4) is 0 Å². The van der Waals surface area contributed by atoms with Gasteiger partial charge in [-0.15, -0.1) is 0 Å². The van der Waals surface area contributed by atoms with Crippen LogP contribution in [0.2, 0.25) is 0 Å². The van der Waals surface area contributed by atoms with Crippen LogP contribution in [-0.2, 0) is 16.0 Å². The molecule has 0 unspecified atom stereocenters. The van der Waals surface area contributed by atoms with Crippen LogP contribution in [0.5, 0.6) is 0 Å². The zero-order valence-electron chi connectivity index (χ0n) is 15.0. The number of nitrogens with two attached hydrogens (primary N) is 1. The Kier molecular flexibility index (Phi) is 5.07. The molecule has 2 N–H and O–H groups in total. The van der Waals surface area contributed by atoms with Gasteiger partial charge in [0, 0.05) is 17.4 Å². The maximum atomic E-state index is 13.5. The summed E-state index contributed by atoms with van der Waals surface area (Å²) in [7, 11) is -3.41. The topological polar surface area (TPSA) is 96.8 Å². The Morgan fingerprint density at radius 3 is 2.21 bits per heavy atom. The van der Waals surface area contributed by atoms with E-state index >= 15 is 0 Å². The van der Waals surface area contributed by atoms with Crippen LogP contribution in [0.15, 0.2) is 59.5 Å². The summed E-state index contributed by atoms with van der Waals surface area (Å²) in [4.78, 5) is 4.20. The predicted octanol–water partition coefficient (Wildman–Crippen LogP) is 4.29. The highest BCUT2D eigenvalue weighted by Gasteiger charge is 2.34. The molecular weight excluding hydrogens is 403 g/mol. The van der Waals surface area contributed by atoms with Crippen LogP contribution in [0.25, 0.3) is 22.4 Å². The fourth-order valence-electron chi connectivity index (χ4n) is 2.88. The smallest absolute Gasteiger partial charge is 0.383 e. The zero-order valence-corrected chi connectivity index (χ0v) is 15.8. The molecule has 0 aliphatic rings. The van der Waals surface area contributed by atoms with Crippen LogP contribution in [0.4, 0.5) is 19.0 Å². The molecule has 0 aliphatic carbocycles. The van der Waals surface area contributed by atoms with E-state index in [4.69, 9.17) is 5.73 Å². The van der Waals surface area contributed by atoms with E-state index < -0.39 is 21.6 Å². The lowest BCUT2D eigenvalue weighted by Gasteiger charge is -2.15. The van der Waals surface area contributed by atoms with Crippen molar-refractivity contribution in [1.29, 1.82) is 5.26 Å². The molecule has 3 rings (SSSR count). The summed E-state index contributed by atoms with van der Waals surface area (Å²) < 4.78 is 63.6. The maximum absolute atomic E-state index is 13.5. The maximum Gasteiger partial charge on any atom is 0.417 e. The van der Waals surface area contributed by atoms with Crippen LogP contribution >= 0.6 is 0 Å². The van der Waals surface area contributed by atoms with Crippen LogP contribution in [0, 0.1) is 11.3 Å². The molecule has 2 aromatic carbocycles. The molecule has 0 saturated heterocycles. The summed E-state index contributed by atoms with van der Waals surface area (Å²) in [6.07, 6.45) is -3.56. The standard InChI is InChI=1S/C20H14F3N3O2S/c1-29(27,28)13-8-6-12(7-9-13)18-10-15(16(11-24)19(25)26-18)14-4-2-3-5-17(14)20(21,22)23/h2-10H,1H3,(H2,25,26). The molecule has 29 heavy (non-hydrogen) atoms. The number of aromatic nitrogens is 1. The quantitative estimate of drug-likeness (QED) is 0.686. The Bertz CT molecular complexity index is 1230. The molecule has 0 fully saturated rings. The fourth-order valence-corrected chi connectivity index (χ4v) is 3.51. The van der Waals surface area contributed by atoms with Gasteiger partial charge in [0.15, 0.2) is 9.84 Å². The highest BCUT2D eigenvalue weighted by atomic mass is 32.2. The monoisotopic (exact) mass is 417 g/mol. The van der Waals surface area contributed by atoms with Gasteiger partial charge in [-0.1, -0.05) is 30.3 Å². The van der Waals surface area contributed by atoms with Crippen molar-refractivity contribution in [3.8, 4) is 28.5 Å². The van der Waals surface area contributed by atoms with Gasteiger partial charge in [0.05, 0.1) is 16.2 Å². The minimum absolute atomic E-state index is 0.00452. The number of halogens is 3. The van der Waals surface area contributed by atoms with E-state index in [9.17, 15) is 26.9 Å². The van der Waals surface area contributed by atoms with Crippen molar-refractivity contribution in [3.05, 3.63) is 65.7 Å². The summed E-state index contributed by atoms with van der Waals surface area (Å²) in [6, 6.07) is 13.7. The van der Waals surface area contributed by atoms with E-state index in [-0.39, 0.29) is 33.1 Å². The van der Waals surface area contributed by atoms with E-state index in [1.165, 1.54) is 48.5 Å². The number of anilines is 1. The largest absolute Gasteiger partial charge is 0.417 e. The van der Waals surface area contributed by atoms with Gasteiger partial charge in [0.1, 0.15) is 17.5 Å². The Labute approximate surface area is 165 Å². The van der Waals surface area contributed by atoms with Crippen molar-refractivity contribution in [2.45, 2.75) is 11.1 Å². The van der Waals surface area contributed by atoms with Gasteiger partial charge >= 0.3 is 6.18 Å². The second kappa shape index (κ2) is 7.22. The average molecular weight is 417 g/mol. The highest BCUT2D eigenvalue weighted by Crippen LogP contribution is 2.40. The summed E-state index contributed by atoms with van der Waals surface area (Å²) in [6.45, 7) is 0. The molecule has 5 nitrogen and oxygen atoms in total. The highest BCUT2D eigenvalue weighted by molar-refractivity contribution is 7.90. The number of nitriles is 1. The van der Waals surface area contributed by atoms with Crippen molar-refractivity contribution in [1.82, 2.24) is 4.98 Å². The van der Waals surface area contributed by atoms with Gasteiger partial charge < -0.3 is 5.73 Å². The Balaban J connectivity index is 2.24. The van der Waals surface area contributed by atoms with Crippen molar-refractivity contribution in [2.75, 3.05) is 12.0 Å². The van der Waals surface area contributed by atoms with Crippen molar-refractivity contribution < 1.29 is 21.6 Å². The van der Waals surface area contributed by atoms with E-state index in [0.29, 0.717) is 5.56 Å². The van der Waals surface area contributed by atoms with Crippen molar-refractivity contribution in [3.63, 3.8) is 0 Å². The molecule has 0 atom stereocenters. The fraction of sp³-hybridized carbons (Fsp3) is 0.100. The molecule has 3 aromatic rings. The normalized spacial score (nSPS) is 11.8. The van der Waals surface area contributed by atoms with E-state index in [1.807, 2.05) is 6.07 Å². The lowest BCUT2D eigenvalue weighted by atomic mass is 9.94. The third kappa shape index (κ3) is 4.07. The first-order chi connectivity index (χ1) is 13.5. The molecule has 0 saturated carbocycles. The lowest BCUT2D eigenvalue weighted by Crippen LogP contribution is -2.08. The molecule has 0 spiro atoms. The number of nitrogen functional groups attached to an aromatic ring is 1. The molecule has 148 valence electrons. The van der Waals surface area contributed by atoms with Gasteiger partial charge in [0.2, 0.25) is 0 Å². The van der Waals surface area contributed by atoms with E-state index in [1.54, 1.807) is 0 Å². The first-order valence-corrected chi connectivity index (χ1v) is 10.1. The summed E-state index contributed by atoms with van der Waals surface area (Å²) in [5.74, 6) is -0.218. The van der Waals surface area contributed by atoms with Crippen molar-refractivity contribution >= 4 is 15.7 Å². The predicted molar refractivity (Wildman–Crippen MR) is 102 cm³/mol. The molecule has 0 aliphatic heterocycles. The molecule has 1 aromatic heterocycles. The second-order valence-corrected chi connectivity index (χ2v) is 8.28.